The number of carbonyl (C=O) groups excluding carboxylic acids is 1. The average molecular weight is 291 g/mol. The molecule has 0 N–H and O–H groups in total. The second kappa shape index (κ2) is 7.46. The Labute approximate surface area is 127 Å². The zero-order valence-electron chi connectivity index (χ0n) is 13.2. The van der Waals surface area contributed by atoms with Crippen LogP contribution >= 0.6 is 0 Å². The number of carbonyl (C=O) groups is 1. The van der Waals surface area contributed by atoms with Crippen LogP contribution in [0.3, 0.4) is 0 Å². The summed E-state index contributed by atoms with van der Waals surface area (Å²) in [6.07, 6.45) is 4.61. The maximum atomic E-state index is 11.1. The number of hydrogen-bond acceptors (Lipinski definition) is 4. The zero-order chi connectivity index (χ0) is 15.2. The Morgan fingerprint density at radius 1 is 1.29 bits per heavy atom. The van der Waals surface area contributed by atoms with Crippen molar-refractivity contribution >= 4 is 6.29 Å². The molecule has 1 saturated heterocycles. The number of para-hydroxylation sites is 1. The van der Waals surface area contributed by atoms with Gasteiger partial charge in [-0.05, 0) is 38.8 Å². The summed E-state index contributed by atoms with van der Waals surface area (Å²) in [5.74, 6) is 1.16. The third-order valence-electron chi connectivity index (χ3n) is 4.33. The minimum Gasteiger partial charge on any atom is -0.493 e. The summed E-state index contributed by atoms with van der Waals surface area (Å²) in [6.45, 7) is 5.99. The lowest BCUT2D eigenvalue weighted by molar-refractivity contribution is 0.0841. The van der Waals surface area contributed by atoms with Gasteiger partial charge in [0.05, 0.1) is 12.7 Å². The molecule has 0 spiro atoms. The van der Waals surface area contributed by atoms with Crippen molar-refractivity contribution in [3.8, 4) is 11.5 Å². The highest BCUT2D eigenvalue weighted by Crippen LogP contribution is 2.30. The minimum atomic E-state index is 0.536. The molecule has 0 radical (unpaired) electrons. The lowest BCUT2D eigenvalue weighted by Gasteiger charge is -2.38. The van der Waals surface area contributed by atoms with Crippen molar-refractivity contribution in [2.24, 2.45) is 0 Å². The van der Waals surface area contributed by atoms with E-state index in [0.717, 1.165) is 12.8 Å². The molecule has 0 aliphatic carbocycles. The number of rotatable bonds is 6. The standard InChI is InChI=1S/C17H25NO3/c1-13-6-4-7-14(2)18(13)10-11-21-17-15(12-19)8-5-9-16(17)20-3/h5,8-9,12-14H,4,6-7,10-11H2,1-3H3/t13-,14-/m0/s1. The first kappa shape index (κ1) is 15.8. The normalized spacial score (nSPS) is 22.8. The van der Waals surface area contributed by atoms with Crippen LogP contribution in [0.2, 0.25) is 0 Å². The predicted molar refractivity (Wildman–Crippen MR) is 83.4 cm³/mol. The average Bonchev–Trinajstić information content (AvgIpc) is 2.50. The molecular formula is C17H25NO3. The summed E-state index contributed by atoms with van der Waals surface area (Å²) in [6, 6.07) is 6.55. The molecule has 0 amide bonds. The van der Waals surface area contributed by atoms with Crippen LogP contribution in [-0.2, 0) is 0 Å². The molecule has 1 fully saturated rings. The number of likely N-dealkylation sites (tertiary alicyclic amines) is 1. The SMILES string of the molecule is COc1cccc(C=O)c1OCCN1[C@@H](C)CCC[C@@H]1C. The van der Waals surface area contributed by atoms with Crippen molar-refractivity contribution in [3.05, 3.63) is 23.8 Å². The molecule has 116 valence electrons. The van der Waals surface area contributed by atoms with Gasteiger partial charge in [-0.15, -0.1) is 0 Å². The number of hydrogen-bond donors (Lipinski definition) is 0. The van der Waals surface area contributed by atoms with Crippen molar-refractivity contribution in [1.29, 1.82) is 0 Å². The Morgan fingerprint density at radius 2 is 2.00 bits per heavy atom. The number of aldehydes is 1. The van der Waals surface area contributed by atoms with Gasteiger partial charge in [-0.1, -0.05) is 12.5 Å². The smallest absolute Gasteiger partial charge is 0.171 e. The molecule has 0 unspecified atom stereocenters. The van der Waals surface area contributed by atoms with E-state index in [4.69, 9.17) is 9.47 Å². The van der Waals surface area contributed by atoms with Crippen LogP contribution in [0.25, 0.3) is 0 Å². The number of ether oxygens (including phenoxy) is 2. The maximum absolute atomic E-state index is 11.1. The topological polar surface area (TPSA) is 38.8 Å². The predicted octanol–water partition coefficient (Wildman–Crippen LogP) is 3.15. The van der Waals surface area contributed by atoms with E-state index in [1.165, 1.54) is 19.3 Å². The summed E-state index contributed by atoms with van der Waals surface area (Å²) in [7, 11) is 1.59. The van der Waals surface area contributed by atoms with E-state index >= 15 is 0 Å². The highest BCUT2D eigenvalue weighted by atomic mass is 16.5. The lowest BCUT2D eigenvalue weighted by atomic mass is 9.98. The highest BCUT2D eigenvalue weighted by molar-refractivity contribution is 5.81. The number of nitrogens with zero attached hydrogens (tertiary/aromatic N) is 1. The van der Waals surface area contributed by atoms with Gasteiger partial charge in [0.15, 0.2) is 17.8 Å². The van der Waals surface area contributed by atoms with Gasteiger partial charge in [0.2, 0.25) is 0 Å². The van der Waals surface area contributed by atoms with Gasteiger partial charge < -0.3 is 9.47 Å². The van der Waals surface area contributed by atoms with E-state index in [1.807, 2.05) is 6.07 Å². The number of benzene rings is 1. The third-order valence-corrected chi connectivity index (χ3v) is 4.33. The first-order valence-corrected chi connectivity index (χ1v) is 7.68. The molecule has 0 saturated carbocycles. The van der Waals surface area contributed by atoms with Gasteiger partial charge in [-0.25, -0.2) is 0 Å². The monoisotopic (exact) mass is 291 g/mol. The van der Waals surface area contributed by atoms with E-state index in [2.05, 4.69) is 18.7 Å². The molecule has 1 aromatic carbocycles. The first-order valence-electron chi connectivity index (χ1n) is 7.68. The van der Waals surface area contributed by atoms with E-state index in [9.17, 15) is 4.79 Å². The van der Waals surface area contributed by atoms with Crippen LogP contribution in [0.1, 0.15) is 43.5 Å². The summed E-state index contributed by atoms with van der Waals surface area (Å²) in [4.78, 5) is 13.6. The second-order valence-electron chi connectivity index (χ2n) is 5.71. The zero-order valence-corrected chi connectivity index (χ0v) is 13.2. The second-order valence-corrected chi connectivity index (χ2v) is 5.71. The molecule has 4 heteroatoms. The molecule has 1 heterocycles. The fourth-order valence-electron chi connectivity index (χ4n) is 3.11. The van der Waals surface area contributed by atoms with E-state index < -0.39 is 0 Å². The fraction of sp³-hybridized carbons (Fsp3) is 0.588. The quantitative estimate of drug-likeness (QED) is 0.755. The van der Waals surface area contributed by atoms with Crippen LogP contribution in [0, 0.1) is 0 Å². The Morgan fingerprint density at radius 3 is 2.62 bits per heavy atom. The van der Waals surface area contributed by atoms with Crippen LogP contribution < -0.4 is 9.47 Å². The molecule has 0 bridgehead atoms. The Kier molecular flexibility index (Phi) is 5.62. The number of methoxy groups -OCH3 is 1. The van der Waals surface area contributed by atoms with Crippen molar-refractivity contribution in [2.45, 2.75) is 45.2 Å². The molecule has 21 heavy (non-hydrogen) atoms. The first-order chi connectivity index (χ1) is 10.2. The molecule has 1 aliphatic heterocycles. The van der Waals surface area contributed by atoms with E-state index in [1.54, 1.807) is 19.2 Å². The number of piperidine rings is 1. The molecule has 1 aliphatic rings. The van der Waals surface area contributed by atoms with E-state index in [0.29, 0.717) is 35.8 Å². The van der Waals surface area contributed by atoms with Crippen molar-refractivity contribution < 1.29 is 14.3 Å². The summed E-state index contributed by atoms with van der Waals surface area (Å²) >= 11 is 0. The minimum absolute atomic E-state index is 0.536. The van der Waals surface area contributed by atoms with Crippen LogP contribution in [-0.4, -0.2) is 43.5 Å². The maximum Gasteiger partial charge on any atom is 0.171 e. The molecule has 1 aromatic rings. The molecular weight excluding hydrogens is 266 g/mol. The van der Waals surface area contributed by atoms with Gasteiger partial charge in [0.25, 0.3) is 0 Å². The van der Waals surface area contributed by atoms with Gasteiger partial charge in [0, 0.05) is 18.6 Å². The fourth-order valence-corrected chi connectivity index (χ4v) is 3.11. The Balaban J connectivity index is 1.98. The summed E-state index contributed by atoms with van der Waals surface area (Å²) in [5, 5.41) is 0. The molecule has 2 atom stereocenters. The van der Waals surface area contributed by atoms with Crippen molar-refractivity contribution in [3.63, 3.8) is 0 Å². The highest BCUT2D eigenvalue weighted by Gasteiger charge is 2.24. The summed E-state index contributed by atoms with van der Waals surface area (Å²) in [5.41, 5.74) is 0.536. The third kappa shape index (κ3) is 3.76. The van der Waals surface area contributed by atoms with Crippen LogP contribution in [0.4, 0.5) is 0 Å². The molecule has 2 rings (SSSR count). The van der Waals surface area contributed by atoms with Crippen LogP contribution in [0.5, 0.6) is 11.5 Å². The Hall–Kier alpha value is -1.55. The molecule has 0 aromatic heterocycles. The molecule has 4 nitrogen and oxygen atoms in total. The van der Waals surface area contributed by atoms with Crippen LogP contribution in [0.15, 0.2) is 18.2 Å². The van der Waals surface area contributed by atoms with Gasteiger partial charge in [0.1, 0.15) is 6.61 Å². The van der Waals surface area contributed by atoms with Gasteiger partial charge in [-0.2, -0.15) is 0 Å². The lowest BCUT2D eigenvalue weighted by Crippen LogP contribution is -2.45. The van der Waals surface area contributed by atoms with Crippen molar-refractivity contribution in [2.75, 3.05) is 20.3 Å². The Bertz CT molecular complexity index is 465. The van der Waals surface area contributed by atoms with Gasteiger partial charge in [-0.3, -0.25) is 9.69 Å². The van der Waals surface area contributed by atoms with Crippen molar-refractivity contribution in [1.82, 2.24) is 4.90 Å². The summed E-state index contributed by atoms with van der Waals surface area (Å²) < 4.78 is 11.1. The largest absolute Gasteiger partial charge is 0.493 e. The van der Waals surface area contributed by atoms with E-state index in [-0.39, 0.29) is 0 Å². The van der Waals surface area contributed by atoms with Gasteiger partial charge >= 0.3 is 0 Å².